The van der Waals surface area contributed by atoms with Crippen molar-refractivity contribution in [2.75, 3.05) is 26.2 Å². The van der Waals surface area contributed by atoms with Crippen LogP contribution in [0.2, 0.25) is 5.02 Å². The highest BCUT2D eigenvalue weighted by atomic mass is 35.5. The van der Waals surface area contributed by atoms with Crippen molar-refractivity contribution in [1.82, 2.24) is 4.90 Å². The average Bonchev–Trinajstić information content (AvgIpc) is 2.65. The third-order valence-electron chi connectivity index (χ3n) is 4.74. The fraction of sp³-hybridized carbons (Fsp3) is 0.455. The largest absolute Gasteiger partial charge is 0.494 e. The van der Waals surface area contributed by atoms with Gasteiger partial charge in [-0.2, -0.15) is 0 Å². The highest BCUT2D eigenvalue weighted by Gasteiger charge is 2.12. The van der Waals surface area contributed by atoms with Crippen LogP contribution in [0.15, 0.2) is 48.5 Å². The van der Waals surface area contributed by atoms with E-state index < -0.39 is 0 Å². The van der Waals surface area contributed by atoms with Crippen LogP contribution in [-0.2, 0) is 0 Å². The highest BCUT2D eigenvalue weighted by molar-refractivity contribution is 6.30. The van der Waals surface area contributed by atoms with Gasteiger partial charge in [0.05, 0.1) is 6.61 Å². The first-order valence-corrected chi connectivity index (χ1v) is 9.76. The molecule has 0 aliphatic rings. The Morgan fingerprint density at radius 3 is 1.96 bits per heavy atom. The average molecular weight is 360 g/mol. The van der Waals surface area contributed by atoms with Crippen LogP contribution in [0.3, 0.4) is 0 Å². The molecule has 1 atom stereocenters. The Morgan fingerprint density at radius 1 is 0.880 bits per heavy atom. The van der Waals surface area contributed by atoms with E-state index in [1.54, 1.807) is 0 Å². The first-order valence-electron chi connectivity index (χ1n) is 9.38. The van der Waals surface area contributed by atoms with E-state index in [9.17, 15) is 0 Å². The molecule has 2 aromatic carbocycles. The summed E-state index contributed by atoms with van der Waals surface area (Å²) in [7, 11) is 0. The Balaban J connectivity index is 1.91. The summed E-state index contributed by atoms with van der Waals surface area (Å²) in [4.78, 5) is 2.42. The molecule has 0 amide bonds. The van der Waals surface area contributed by atoms with Crippen LogP contribution in [0, 0.1) is 0 Å². The fourth-order valence-electron chi connectivity index (χ4n) is 3.17. The summed E-state index contributed by atoms with van der Waals surface area (Å²) in [6.45, 7) is 10.7. The van der Waals surface area contributed by atoms with Crippen LogP contribution < -0.4 is 4.74 Å². The van der Waals surface area contributed by atoms with E-state index in [1.807, 2.05) is 12.1 Å². The number of nitrogens with zero attached hydrogens (tertiary/aromatic N) is 1. The summed E-state index contributed by atoms with van der Waals surface area (Å²) in [5.41, 5.74) is 2.63. The maximum absolute atomic E-state index is 6.01. The van der Waals surface area contributed by atoms with Crippen molar-refractivity contribution < 1.29 is 4.74 Å². The van der Waals surface area contributed by atoms with Crippen molar-refractivity contribution in [3.63, 3.8) is 0 Å². The zero-order valence-electron chi connectivity index (χ0n) is 15.7. The molecule has 3 heteroatoms. The lowest BCUT2D eigenvalue weighted by atomic mass is 9.89. The van der Waals surface area contributed by atoms with E-state index in [-0.39, 0.29) is 0 Å². The van der Waals surface area contributed by atoms with Crippen LogP contribution in [0.25, 0.3) is 0 Å². The normalized spacial score (nSPS) is 12.4. The summed E-state index contributed by atoms with van der Waals surface area (Å²) in [5.74, 6) is 1.35. The summed E-state index contributed by atoms with van der Waals surface area (Å²) < 4.78 is 5.89. The van der Waals surface area contributed by atoms with Crippen LogP contribution in [0.1, 0.15) is 50.7 Å². The Hall–Kier alpha value is -1.51. The molecule has 25 heavy (non-hydrogen) atoms. The molecule has 0 spiro atoms. The molecular weight excluding hydrogens is 330 g/mol. The molecule has 2 rings (SSSR count). The van der Waals surface area contributed by atoms with Gasteiger partial charge in [0, 0.05) is 17.5 Å². The molecule has 1 unspecified atom stereocenters. The van der Waals surface area contributed by atoms with Gasteiger partial charge in [0.1, 0.15) is 5.75 Å². The number of halogens is 1. The molecule has 0 aliphatic carbocycles. The number of benzene rings is 2. The van der Waals surface area contributed by atoms with E-state index in [0.29, 0.717) is 5.92 Å². The Morgan fingerprint density at radius 2 is 1.44 bits per heavy atom. The standard InChI is InChI=1S/C22H30ClNO/c1-4-22(18-8-12-20(23)13-9-18)19-10-14-21(15-11-19)25-17-7-16-24(5-2)6-3/h8-15,22H,4-7,16-17H2,1-3H3. The van der Waals surface area contributed by atoms with E-state index in [2.05, 4.69) is 62.1 Å². The van der Waals surface area contributed by atoms with Crippen molar-refractivity contribution in [3.8, 4) is 5.75 Å². The zero-order valence-corrected chi connectivity index (χ0v) is 16.4. The summed E-state index contributed by atoms with van der Waals surface area (Å²) >= 11 is 6.01. The predicted molar refractivity (Wildman–Crippen MR) is 108 cm³/mol. The molecular formula is C22H30ClNO. The number of hydrogen-bond donors (Lipinski definition) is 0. The van der Waals surface area contributed by atoms with Gasteiger partial charge in [-0.1, -0.05) is 56.6 Å². The smallest absolute Gasteiger partial charge is 0.119 e. The molecule has 2 aromatic rings. The van der Waals surface area contributed by atoms with Gasteiger partial charge < -0.3 is 9.64 Å². The molecule has 136 valence electrons. The first-order chi connectivity index (χ1) is 12.2. The van der Waals surface area contributed by atoms with E-state index in [4.69, 9.17) is 16.3 Å². The minimum Gasteiger partial charge on any atom is -0.494 e. The first kappa shape index (κ1) is 19.8. The second-order valence-corrected chi connectivity index (χ2v) is 6.75. The van der Waals surface area contributed by atoms with Crippen molar-refractivity contribution >= 4 is 11.6 Å². The topological polar surface area (TPSA) is 12.5 Å². The quantitative estimate of drug-likeness (QED) is 0.483. The van der Waals surface area contributed by atoms with Gasteiger partial charge in [-0.3, -0.25) is 0 Å². The third-order valence-corrected chi connectivity index (χ3v) is 5.00. The molecule has 0 saturated heterocycles. The Bertz CT molecular complexity index is 605. The molecule has 0 bridgehead atoms. The number of hydrogen-bond acceptors (Lipinski definition) is 2. The van der Waals surface area contributed by atoms with Crippen LogP contribution in [0.4, 0.5) is 0 Å². The molecule has 0 heterocycles. The molecule has 2 nitrogen and oxygen atoms in total. The summed E-state index contributed by atoms with van der Waals surface area (Å²) in [5, 5.41) is 0.784. The van der Waals surface area contributed by atoms with Crippen LogP contribution >= 0.6 is 11.6 Å². The highest BCUT2D eigenvalue weighted by Crippen LogP contribution is 2.29. The van der Waals surface area contributed by atoms with Gasteiger partial charge in [-0.15, -0.1) is 0 Å². The van der Waals surface area contributed by atoms with E-state index in [1.165, 1.54) is 11.1 Å². The second-order valence-electron chi connectivity index (χ2n) is 6.31. The minimum absolute atomic E-state index is 0.397. The van der Waals surface area contributed by atoms with Gasteiger partial charge >= 0.3 is 0 Å². The fourth-order valence-corrected chi connectivity index (χ4v) is 3.30. The van der Waals surface area contributed by atoms with Crippen molar-refractivity contribution in [3.05, 3.63) is 64.7 Å². The lowest BCUT2D eigenvalue weighted by Crippen LogP contribution is -2.25. The van der Waals surface area contributed by atoms with Crippen molar-refractivity contribution in [2.24, 2.45) is 0 Å². The molecule has 0 aliphatic heterocycles. The Labute approximate surface area is 157 Å². The van der Waals surface area contributed by atoms with Gasteiger partial charge in [-0.05, 0) is 61.3 Å². The number of ether oxygens (including phenoxy) is 1. The van der Waals surface area contributed by atoms with Crippen molar-refractivity contribution in [1.29, 1.82) is 0 Å². The molecule has 0 fully saturated rings. The molecule has 0 saturated carbocycles. The molecule has 0 radical (unpaired) electrons. The van der Waals surface area contributed by atoms with Crippen molar-refractivity contribution in [2.45, 2.75) is 39.5 Å². The maximum Gasteiger partial charge on any atom is 0.119 e. The van der Waals surface area contributed by atoms with Gasteiger partial charge in [0.2, 0.25) is 0 Å². The lowest BCUT2D eigenvalue weighted by Gasteiger charge is -2.18. The monoisotopic (exact) mass is 359 g/mol. The predicted octanol–water partition coefficient (Wildman–Crippen LogP) is 5.99. The third kappa shape index (κ3) is 6.05. The van der Waals surface area contributed by atoms with Gasteiger partial charge in [0.25, 0.3) is 0 Å². The van der Waals surface area contributed by atoms with Gasteiger partial charge in [0.15, 0.2) is 0 Å². The molecule has 0 N–H and O–H groups in total. The van der Waals surface area contributed by atoms with E-state index >= 15 is 0 Å². The van der Waals surface area contributed by atoms with Gasteiger partial charge in [-0.25, -0.2) is 0 Å². The minimum atomic E-state index is 0.397. The lowest BCUT2D eigenvalue weighted by molar-refractivity contribution is 0.249. The summed E-state index contributed by atoms with van der Waals surface area (Å²) in [6, 6.07) is 16.7. The zero-order chi connectivity index (χ0) is 18.1. The molecule has 0 aromatic heterocycles. The second kappa shape index (κ2) is 10.5. The summed E-state index contributed by atoms with van der Waals surface area (Å²) in [6.07, 6.45) is 2.12. The maximum atomic E-state index is 6.01. The SMILES string of the molecule is CCC(c1ccc(Cl)cc1)c1ccc(OCCCN(CC)CC)cc1. The number of rotatable bonds is 10. The van der Waals surface area contributed by atoms with E-state index in [0.717, 1.165) is 49.9 Å². The van der Waals surface area contributed by atoms with Crippen LogP contribution in [-0.4, -0.2) is 31.1 Å². The Kier molecular flexibility index (Phi) is 8.30. The van der Waals surface area contributed by atoms with Crippen LogP contribution in [0.5, 0.6) is 5.75 Å².